The molecule has 1 N–H and O–H groups in total. The first kappa shape index (κ1) is 25.8. The van der Waals surface area contributed by atoms with Crippen molar-refractivity contribution in [3.63, 3.8) is 0 Å². The van der Waals surface area contributed by atoms with Crippen LogP contribution in [0.1, 0.15) is 19.3 Å². The van der Waals surface area contributed by atoms with Crippen molar-refractivity contribution in [2.75, 3.05) is 25.5 Å². The average Bonchev–Trinajstić information content (AvgIpc) is 3.47. The van der Waals surface area contributed by atoms with Gasteiger partial charge in [-0.05, 0) is 43.0 Å². The first-order chi connectivity index (χ1) is 19.1. The molecule has 208 valence electrons. The van der Waals surface area contributed by atoms with Crippen LogP contribution in [0.3, 0.4) is 0 Å². The third kappa shape index (κ3) is 4.33. The summed E-state index contributed by atoms with van der Waals surface area (Å²) < 4.78 is 64.2. The predicted octanol–water partition coefficient (Wildman–Crippen LogP) is 3.37. The van der Waals surface area contributed by atoms with Crippen molar-refractivity contribution in [2.24, 2.45) is 5.41 Å². The van der Waals surface area contributed by atoms with Crippen LogP contribution in [0.4, 0.5) is 23.5 Å². The van der Waals surface area contributed by atoms with E-state index in [1.54, 1.807) is 30.5 Å². The fraction of sp³-hybridized carbons (Fsp3) is 0.440. The van der Waals surface area contributed by atoms with E-state index in [0.717, 1.165) is 9.58 Å². The molecule has 15 heteroatoms. The summed E-state index contributed by atoms with van der Waals surface area (Å²) in [6, 6.07) is 7.42. The molecular formula is C25H23F4N9O2. The monoisotopic (exact) mass is 557 g/mol. The van der Waals surface area contributed by atoms with Crippen molar-refractivity contribution >= 4 is 28.4 Å². The van der Waals surface area contributed by atoms with Crippen LogP contribution >= 0.6 is 0 Å². The Kier molecular flexibility index (Phi) is 6.00. The molecule has 0 spiro atoms. The number of nitriles is 1. The number of benzene rings is 1. The lowest BCUT2D eigenvalue weighted by Gasteiger charge is -2.39. The van der Waals surface area contributed by atoms with Gasteiger partial charge in [-0.3, -0.25) is 4.79 Å². The number of rotatable bonds is 7. The molecule has 0 unspecified atom stereocenters. The number of carbonyl (C=O) groups is 1. The summed E-state index contributed by atoms with van der Waals surface area (Å²) in [5, 5.41) is 24.0. The van der Waals surface area contributed by atoms with E-state index in [4.69, 9.17) is 4.74 Å². The molecule has 1 atom stereocenters. The van der Waals surface area contributed by atoms with E-state index in [1.165, 1.54) is 11.6 Å². The summed E-state index contributed by atoms with van der Waals surface area (Å²) in [5.74, 6) is -3.82. The Morgan fingerprint density at radius 3 is 2.77 bits per heavy atom. The number of halogens is 4. The minimum atomic E-state index is -3.29. The number of amides is 1. The van der Waals surface area contributed by atoms with Gasteiger partial charge in [-0.2, -0.15) is 10.2 Å². The maximum absolute atomic E-state index is 15.1. The topological polar surface area (TPSA) is 126 Å². The summed E-state index contributed by atoms with van der Waals surface area (Å²) in [7, 11) is 1.38. The Hall–Kier alpha value is -4.48. The zero-order valence-electron chi connectivity index (χ0n) is 21.2. The normalized spacial score (nSPS) is 19.6. The average molecular weight is 558 g/mol. The van der Waals surface area contributed by atoms with Gasteiger partial charge in [0.2, 0.25) is 17.7 Å². The maximum Gasteiger partial charge on any atom is 0.285 e. The van der Waals surface area contributed by atoms with Crippen molar-refractivity contribution in [2.45, 2.75) is 44.2 Å². The molecule has 4 aromatic rings. The summed E-state index contributed by atoms with van der Waals surface area (Å²) in [4.78, 5) is 18.0. The summed E-state index contributed by atoms with van der Waals surface area (Å²) in [5.41, 5.74) is 1.43. The molecule has 6 rings (SSSR count). The van der Waals surface area contributed by atoms with E-state index in [2.05, 4.69) is 25.7 Å². The van der Waals surface area contributed by atoms with Gasteiger partial charge < -0.3 is 15.0 Å². The second-order valence-corrected chi connectivity index (χ2v) is 10.0. The number of carbonyl (C=O) groups excluding carboxylic acids is 1. The van der Waals surface area contributed by atoms with E-state index in [9.17, 15) is 18.8 Å². The van der Waals surface area contributed by atoms with Gasteiger partial charge in [-0.1, -0.05) is 11.3 Å². The van der Waals surface area contributed by atoms with Crippen LogP contribution in [0, 0.1) is 16.7 Å². The molecule has 0 bridgehead atoms. The van der Waals surface area contributed by atoms with Crippen molar-refractivity contribution in [1.82, 2.24) is 34.5 Å². The number of hydrogen-bond acceptors (Lipinski definition) is 8. The Balaban J connectivity index is 1.27. The molecule has 1 amide bonds. The lowest BCUT2D eigenvalue weighted by Crippen LogP contribution is -2.57. The second-order valence-electron chi connectivity index (χ2n) is 10.0. The minimum Gasteiger partial charge on any atom is -0.479 e. The highest BCUT2D eigenvalue weighted by molar-refractivity contribution is 5.90. The standard InChI is InChI=1S/C25H23F4N9O2/c1-40-21-20-15(14-2-3-16-17(10-14)38(35-33-16)11-19(26)27)4-9-37(20)34-23(32-21)31-18-5-8-36(13-25(18,28)29)22(39)24(12-30)6-7-24/h2-4,9-10,18-19H,5-8,11,13H2,1H3,(H,31,34)/t18-/m1/s1. The first-order valence-corrected chi connectivity index (χ1v) is 12.5. The van der Waals surface area contributed by atoms with Gasteiger partial charge in [0.1, 0.15) is 23.0 Å². The highest BCUT2D eigenvalue weighted by atomic mass is 19.3. The molecule has 2 fully saturated rings. The Morgan fingerprint density at radius 1 is 1.30 bits per heavy atom. The summed E-state index contributed by atoms with van der Waals surface area (Å²) >= 11 is 0. The van der Waals surface area contributed by atoms with E-state index in [1.807, 2.05) is 6.07 Å². The predicted molar refractivity (Wildman–Crippen MR) is 133 cm³/mol. The van der Waals surface area contributed by atoms with Gasteiger partial charge in [-0.25, -0.2) is 26.8 Å². The highest BCUT2D eigenvalue weighted by Gasteiger charge is 2.56. The number of ether oxygens (including phenoxy) is 1. The summed E-state index contributed by atoms with van der Waals surface area (Å²) in [6.07, 6.45) is -0.280. The van der Waals surface area contributed by atoms with Crippen LogP contribution < -0.4 is 10.1 Å². The Labute approximate surface area is 224 Å². The molecule has 2 aliphatic rings. The number of methoxy groups -OCH3 is 1. The van der Waals surface area contributed by atoms with Crippen LogP contribution in [0.5, 0.6) is 5.88 Å². The number of nitrogens with zero attached hydrogens (tertiary/aromatic N) is 8. The lowest BCUT2D eigenvalue weighted by molar-refractivity contribution is -0.146. The van der Waals surface area contributed by atoms with Gasteiger partial charge in [0, 0.05) is 18.3 Å². The third-order valence-electron chi connectivity index (χ3n) is 7.37. The molecule has 3 aromatic heterocycles. The molecule has 1 saturated carbocycles. The number of fused-ring (bicyclic) bond motifs is 2. The van der Waals surface area contributed by atoms with E-state index in [0.29, 0.717) is 40.5 Å². The molecule has 1 aliphatic carbocycles. The van der Waals surface area contributed by atoms with E-state index in [-0.39, 0.29) is 24.8 Å². The number of alkyl halides is 4. The number of piperidine rings is 1. The molecule has 1 aromatic carbocycles. The molecule has 4 heterocycles. The van der Waals surface area contributed by atoms with Crippen molar-refractivity contribution in [1.29, 1.82) is 5.26 Å². The smallest absolute Gasteiger partial charge is 0.285 e. The van der Waals surface area contributed by atoms with E-state index >= 15 is 8.78 Å². The molecule has 40 heavy (non-hydrogen) atoms. The quantitative estimate of drug-likeness (QED) is 0.343. The Morgan fingerprint density at radius 2 is 2.10 bits per heavy atom. The Bertz CT molecular complexity index is 1660. The zero-order chi connectivity index (χ0) is 28.2. The third-order valence-corrected chi connectivity index (χ3v) is 7.37. The lowest BCUT2D eigenvalue weighted by atomic mass is 9.98. The fourth-order valence-corrected chi connectivity index (χ4v) is 5.07. The van der Waals surface area contributed by atoms with Crippen molar-refractivity contribution in [3.05, 3.63) is 30.5 Å². The molecule has 1 saturated heterocycles. The summed E-state index contributed by atoms with van der Waals surface area (Å²) in [6.45, 7) is -1.34. The number of nitrogens with one attached hydrogen (secondary N) is 1. The van der Waals surface area contributed by atoms with Gasteiger partial charge in [-0.15, -0.1) is 10.2 Å². The van der Waals surface area contributed by atoms with Crippen LogP contribution in [0.15, 0.2) is 30.5 Å². The largest absolute Gasteiger partial charge is 0.479 e. The van der Waals surface area contributed by atoms with Gasteiger partial charge >= 0.3 is 0 Å². The number of anilines is 1. The van der Waals surface area contributed by atoms with Crippen LogP contribution in [-0.4, -0.2) is 79.0 Å². The van der Waals surface area contributed by atoms with Crippen molar-refractivity contribution in [3.8, 4) is 23.1 Å². The molecule has 11 nitrogen and oxygen atoms in total. The SMILES string of the molecule is COc1nc(N[C@@H]2CCN(C(=O)C3(C#N)CC3)CC2(F)F)nn2ccc(-c3ccc4nnn(CC(F)F)c4c3)c12. The van der Waals surface area contributed by atoms with Crippen LogP contribution in [0.2, 0.25) is 0 Å². The molecule has 0 radical (unpaired) electrons. The van der Waals surface area contributed by atoms with Gasteiger partial charge in [0.25, 0.3) is 12.3 Å². The van der Waals surface area contributed by atoms with Crippen molar-refractivity contribution < 1.29 is 27.1 Å². The zero-order valence-corrected chi connectivity index (χ0v) is 21.2. The van der Waals surface area contributed by atoms with Crippen LogP contribution in [0.25, 0.3) is 27.7 Å². The first-order valence-electron chi connectivity index (χ1n) is 12.5. The maximum atomic E-state index is 15.1. The molecular weight excluding hydrogens is 534 g/mol. The second kappa shape index (κ2) is 9.32. The molecule has 1 aliphatic heterocycles. The van der Waals surface area contributed by atoms with Gasteiger partial charge in [0.05, 0.1) is 31.3 Å². The number of likely N-dealkylation sites (tertiary alicyclic amines) is 1. The fourth-order valence-electron chi connectivity index (χ4n) is 5.07. The van der Waals surface area contributed by atoms with Crippen LogP contribution in [-0.2, 0) is 11.3 Å². The van der Waals surface area contributed by atoms with E-state index < -0.39 is 42.8 Å². The van der Waals surface area contributed by atoms with Gasteiger partial charge in [0.15, 0.2) is 0 Å². The minimum absolute atomic E-state index is 0.0682. The number of aromatic nitrogens is 6. The highest BCUT2D eigenvalue weighted by Crippen LogP contribution is 2.47. The number of hydrogen-bond donors (Lipinski definition) is 1.